The van der Waals surface area contributed by atoms with Crippen molar-refractivity contribution in [2.75, 3.05) is 19.5 Å². The summed E-state index contributed by atoms with van der Waals surface area (Å²) in [6, 6.07) is 12.4. The highest BCUT2D eigenvalue weighted by Crippen LogP contribution is 2.21. The van der Waals surface area contributed by atoms with Gasteiger partial charge in [-0.1, -0.05) is 0 Å². The average molecular weight is 382 g/mol. The maximum Gasteiger partial charge on any atom is 0.338 e. The van der Waals surface area contributed by atoms with E-state index in [1.165, 1.54) is 39.3 Å². The second kappa shape index (κ2) is 9.19. The molecule has 8 nitrogen and oxygen atoms in total. The van der Waals surface area contributed by atoms with Gasteiger partial charge in [-0.05, 0) is 49.4 Å². The maximum atomic E-state index is 12.3. The lowest BCUT2D eigenvalue weighted by atomic mass is 10.1. The standard InChI is InChI=1S/C20H18N2O6/c1-12(18(23)22-16-6-4-13(11-21)5-7-16)28-17-9-14(19(24)26-2)8-15(10-17)20(25)27-3/h4-10,12H,1-3H3,(H,22,23)/t12-/m1/s1. The van der Waals surface area contributed by atoms with Crippen LogP contribution in [0.1, 0.15) is 33.2 Å². The number of esters is 2. The maximum absolute atomic E-state index is 12.3. The van der Waals surface area contributed by atoms with Gasteiger partial charge in [0.1, 0.15) is 5.75 Å². The summed E-state index contributed by atoms with van der Waals surface area (Å²) in [6.45, 7) is 1.52. The SMILES string of the molecule is COC(=O)c1cc(O[C@H](C)C(=O)Nc2ccc(C#N)cc2)cc(C(=O)OC)c1. The van der Waals surface area contributed by atoms with Crippen LogP contribution in [0.5, 0.6) is 5.75 Å². The van der Waals surface area contributed by atoms with Crippen LogP contribution in [0.15, 0.2) is 42.5 Å². The van der Waals surface area contributed by atoms with E-state index >= 15 is 0 Å². The molecule has 0 unspecified atom stereocenters. The van der Waals surface area contributed by atoms with Crippen molar-refractivity contribution in [3.8, 4) is 11.8 Å². The van der Waals surface area contributed by atoms with E-state index in [1.807, 2.05) is 6.07 Å². The zero-order valence-corrected chi connectivity index (χ0v) is 15.5. The van der Waals surface area contributed by atoms with E-state index in [9.17, 15) is 14.4 Å². The molecule has 0 heterocycles. The number of anilines is 1. The molecule has 2 aromatic rings. The van der Waals surface area contributed by atoms with Gasteiger partial charge in [0.25, 0.3) is 5.91 Å². The molecule has 0 fully saturated rings. The van der Waals surface area contributed by atoms with Gasteiger partial charge >= 0.3 is 11.9 Å². The first-order chi connectivity index (χ1) is 13.4. The molecule has 28 heavy (non-hydrogen) atoms. The molecule has 0 aliphatic rings. The third-order valence-corrected chi connectivity index (χ3v) is 3.71. The molecule has 0 saturated heterocycles. The van der Waals surface area contributed by atoms with Crippen molar-refractivity contribution in [1.29, 1.82) is 5.26 Å². The lowest BCUT2D eigenvalue weighted by molar-refractivity contribution is -0.122. The van der Waals surface area contributed by atoms with E-state index in [1.54, 1.807) is 24.3 Å². The van der Waals surface area contributed by atoms with Crippen LogP contribution < -0.4 is 10.1 Å². The van der Waals surface area contributed by atoms with E-state index in [-0.39, 0.29) is 16.9 Å². The van der Waals surface area contributed by atoms with Crippen LogP contribution in [0, 0.1) is 11.3 Å². The largest absolute Gasteiger partial charge is 0.481 e. The first kappa shape index (κ1) is 20.5. The van der Waals surface area contributed by atoms with Crippen LogP contribution in [0.3, 0.4) is 0 Å². The molecule has 0 saturated carbocycles. The zero-order chi connectivity index (χ0) is 20.7. The van der Waals surface area contributed by atoms with Crippen LogP contribution in [0.2, 0.25) is 0 Å². The smallest absolute Gasteiger partial charge is 0.338 e. The number of rotatable bonds is 6. The molecule has 1 N–H and O–H groups in total. The fourth-order valence-corrected chi connectivity index (χ4v) is 2.27. The monoisotopic (exact) mass is 382 g/mol. The number of hydrogen-bond donors (Lipinski definition) is 1. The second-order valence-electron chi connectivity index (χ2n) is 5.67. The molecule has 1 amide bonds. The van der Waals surface area contributed by atoms with Gasteiger partial charge in [0.15, 0.2) is 6.10 Å². The molecule has 0 radical (unpaired) electrons. The fraction of sp³-hybridized carbons (Fsp3) is 0.200. The van der Waals surface area contributed by atoms with Gasteiger partial charge in [-0.15, -0.1) is 0 Å². The van der Waals surface area contributed by atoms with Gasteiger partial charge < -0.3 is 19.5 Å². The first-order valence-corrected chi connectivity index (χ1v) is 8.17. The van der Waals surface area contributed by atoms with E-state index in [0.717, 1.165) is 0 Å². The van der Waals surface area contributed by atoms with Crippen LogP contribution >= 0.6 is 0 Å². The summed E-state index contributed by atoms with van der Waals surface area (Å²) < 4.78 is 14.9. The highest BCUT2D eigenvalue weighted by atomic mass is 16.5. The molecule has 0 spiro atoms. The Kier molecular flexibility index (Phi) is 6.71. The van der Waals surface area contributed by atoms with Gasteiger partial charge in [-0.2, -0.15) is 5.26 Å². The van der Waals surface area contributed by atoms with Crippen molar-refractivity contribution in [1.82, 2.24) is 0 Å². The van der Waals surface area contributed by atoms with Crippen LogP contribution in [-0.4, -0.2) is 38.2 Å². The molecule has 2 rings (SSSR count). The summed E-state index contributed by atoms with van der Waals surface area (Å²) in [5, 5.41) is 11.5. The number of carbonyl (C=O) groups is 3. The topological polar surface area (TPSA) is 115 Å². The number of nitrogens with one attached hydrogen (secondary N) is 1. The van der Waals surface area contributed by atoms with Crippen molar-refractivity contribution in [3.05, 3.63) is 59.2 Å². The third kappa shape index (κ3) is 5.08. The minimum atomic E-state index is -0.936. The van der Waals surface area contributed by atoms with Crippen molar-refractivity contribution < 1.29 is 28.6 Å². The number of amides is 1. The van der Waals surface area contributed by atoms with E-state index in [0.29, 0.717) is 11.3 Å². The molecule has 144 valence electrons. The Morgan fingerprint density at radius 3 is 1.96 bits per heavy atom. The van der Waals surface area contributed by atoms with Gasteiger partial charge in [-0.25, -0.2) is 9.59 Å². The highest BCUT2D eigenvalue weighted by Gasteiger charge is 2.19. The first-order valence-electron chi connectivity index (χ1n) is 8.17. The van der Waals surface area contributed by atoms with Gasteiger partial charge in [0, 0.05) is 5.69 Å². The summed E-state index contributed by atoms with van der Waals surface area (Å²) >= 11 is 0. The number of benzene rings is 2. The van der Waals surface area contributed by atoms with Gasteiger partial charge in [0.05, 0.1) is 37.0 Å². The average Bonchev–Trinajstić information content (AvgIpc) is 2.72. The summed E-state index contributed by atoms with van der Waals surface area (Å²) in [6.07, 6.45) is -0.936. The minimum absolute atomic E-state index is 0.0834. The molecule has 8 heteroatoms. The van der Waals surface area contributed by atoms with Crippen molar-refractivity contribution in [3.63, 3.8) is 0 Å². The van der Waals surface area contributed by atoms with E-state index < -0.39 is 23.9 Å². The van der Waals surface area contributed by atoms with Gasteiger partial charge in [0.2, 0.25) is 0 Å². The number of carbonyl (C=O) groups excluding carboxylic acids is 3. The number of ether oxygens (including phenoxy) is 3. The molecule has 0 bridgehead atoms. The second-order valence-corrected chi connectivity index (χ2v) is 5.67. The third-order valence-electron chi connectivity index (χ3n) is 3.71. The molecule has 2 aromatic carbocycles. The van der Waals surface area contributed by atoms with E-state index in [4.69, 9.17) is 10.00 Å². The number of methoxy groups -OCH3 is 2. The highest BCUT2D eigenvalue weighted by molar-refractivity contribution is 5.96. The molecule has 0 aromatic heterocycles. The predicted molar refractivity (Wildman–Crippen MR) is 99.0 cm³/mol. The van der Waals surface area contributed by atoms with Gasteiger partial charge in [-0.3, -0.25) is 4.79 Å². The normalized spacial score (nSPS) is 10.9. The quantitative estimate of drug-likeness (QED) is 0.764. The fourth-order valence-electron chi connectivity index (χ4n) is 2.27. The molecular weight excluding hydrogens is 364 g/mol. The van der Waals surface area contributed by atoms with Crippen LogP contribution in [0.25, 0.3) is 0 Å². The van der Waals surface area contributed by atoms with Crippen LogP contribution in [0.4, 0.5) is 5.69 Å². The summed E-state index contributed by atoms with van der Waals surface area (Å²) in [5.74, 6) is -1.64. The number of nitrogens with zero attached hydrogens (tertiary/aromatic N) is 1. The Morgan fingerprint density at radius 1 is 0.964 bits per heavy atom. The summed E-state index contributed by atoms with van der Waals surface area (Å²) in [4.78, 5) is 36.0. The minimum Gasteiger partial charge on any atom is -0.481 e. The lowest BCUT2D eigenvalue weighted by Crippen LogP contribution is -2.30. The Morgan fingerprint density at radius 2 is 1.50 bits per heavy atom. The molecular formula is C20H18N2O6. The number of hydrogen-bond acceptors (Lipinski definition) is 7. The summed E-state index contributed by atoms with van der Waals surface area (Å²) in [7, 11) is 2.42. The van der Waals surface area contributed by atoms with Crippen LogP contribution in [-0.2, 0) is 14.3 Å². The Bertz CT molecular complexity index is 896. The molecule has 1 atom stereocenters. The Balaban J connectivity index is 2.17. The van der Waals surface area contributed by atoms with Crippen molar-refractivity contribution in [2.24, 2.45) is 0 Å². The Hall–Kier alpha value is -3.86. The van der Waals surface area contributed by atoms with Crippen molar-refractivity contribution in [2.45, 2.75) is 13.0 Å². The number of nitriles is 1. The zero-order valence-electron chi connectivity index (χ0n) is 15.5. The summed E-state index contributed by atoms with van der Waals surface area (Å²) in [5.41, 5.74) is 1.13. The molecule has 0 aliphatic carbocycles. The Labute approximate surface area is 161 Å². The molecule has 0 aliphatic heterocycles. The van der Waals surface area contributed by atoms with Crippen molar-refractivity contribution >= 4 is 23.5 Å². The van der Waals surface area contributed by atoms with E-state index in [2.05, 4.69) is 14.8 Å². The lowest BCUT2D eigenvalue weighted by Gasteiger charge is -2.16. The predicted octanol–water partition coefficient (Wildman–Crippen LogP) is 2.54.